The summed E-state index contributed by atoms with van der Waals surface area (Å²) in [6.07, 6.45) is 5.76. The third-order valence-corrected chi connectivity index (χ3v) is 4.16. The van der Waals surface area contributed by atoms with Gasteiger partial charge in [0.2, 0.25) is 0 Å². The number of carbonyl (C=O) groups excluding carboxylic acids is 1. The van der Waals surface area contributed by atoms with Gasteiger partial charge in [0.25, 0.3) is 5.91 Å². The summed E-state index contributed by atoms with van der Waals surface area (Å²) >= 11 is 0. The maximum Gasteiger partial charge on any atom is 0.251 e. The number of hydrogen-bond donors (Lipinski definition) is 1. The van der Waals surface area contributed by atoms with E-state index >= 15 is 0 Å². The maximum atomic E-state index is 12.2. The van der Waals surface area contributed by atoms with Crippen LogP contribution in [0.2, 0.25) is 0 Å². The first kappa shape index (κ1) is 14.7. The topological polar surface area (TPSA) is 45.2 Å². The lowest BCUT2D eigenvalue weighted by molar-refractivity contribution is 0.0938. The molecule has 3 rings (SSSR count). The number of carbonyl (C=O) groups is 1. The highest BCUT2D eigenvalue weighted by Gasteiger charge is 2.23. The summed E-state index contributed by atoms with van der Waals surface area (Å²) in [6, 6.07) is 14.1. The molecule has 0 bridgehead atoms. The molecule has 2 aromatic rings. The quantitative estimate of drug-likeness (QED) is 0.922. The van der Waals surface area contributed by atoms with E-state index in [9.17, 15) is 4.79 Å². The molecule has 114 valence electrons. The van der Waals surface area contributed by atoms with Crippen molar-refractivity contribution in [2.75, 3.05) is 19.6 Å². The van der Waals surface area contributed by atoms with Crippen LogP contribution >= 0.6 is 0 Å². The summed E-state index contributed by atoms with van der Waals surface area (Å²) < 4.78 is 0. The Hall–Kier alpha value is -2.20. The molecule has 1 aliphatic rings. The Labute approximate surface area is 131 Å². The first-order valence-corrected chi connectivity index (χ1v) is 7.82. The number of hydrogen-bond acceptors (Lipinski definition) is 3. The molecule has 1 saturated heterocycles. The number of nitrogens with one attached hydrogen (secondary N) is 1. The van der Waals surface area contributed by atoms with Crippen molar-refractivity contribution in [3.05, 3.63) is 66.0 Å². The van der Waals surface area contributed by atoms with Gasteiger partial charge in [0.15, 0.2) is 0 Å². The van der Waals surface area contributed by atoms with Gasteiger partial charge in [-0.2, -0.15) is 0 Å². The Morgan fingerprint density at radius 3 is 2.45 bits per heavy atom. The minimum absolute atomic E-state index is 0.0393. The van der Waals surface area contributed by atoms with E-state index < -0.39 is 0 Å². The molecule has 4 nitrogen and oxygen atoms in total. The van der Waals surface area contributed by atoms with Crippen molar-refractivity contribution < 1.29 is 4.79 Å². The molecule has 22 heavy (non-hydrogen) atoms. The highest BCUT2D eigenvalue weighted by Crippen LogP contribution is 2.24. The first-order chi connectivity index (χ1) is 10.8. The zero-order valence-corrected chi connectivity index (χ0v) is 12.6. The van der Waals surface area contributed by atoms with E-state index in [1.807, 2.05) is 6.07 Å². The number of nitrogens with zero attached hydrogens (tertiary/aromatic N) is 2. The normalized spacial score (nSPS) is 16.4. The molecule has 0 radical (unpaired) electrons. The van der Waals surface area contributed by atoms with Crippen LogP contribution in [0.5, 0.6) is 0 Å². The molecule has 0 spiro atoms. The molecule has 1 aromatic carbocycles. The number of amides is 1. The SMILES string of the molecule is O=C(NCC(c1ccccc1)N1CCCC1)c1ccncc1. The van der Waals surface area contributed by atoms with Crippen LogP contribution < -0.4 is 5.32 Å². The van der Waals surface area contributed by atoms with Crippen molar-refractivity contribution in [2.45, 2.75) is 18.9 Å². The van der Waals surface area contributed by atoms with E-state index in [2.05, 4.69) is 39.5 Å². The summed E-state index contributed by atoms with van der Waals surface area (Å²) in [7, 11) is 0. The van der Waals surface area contributed by atoms with Crippen molar-refractivity contribution in [3.63, 3.8) is 0 Å². The van der Waals surface area contributed by atoms with Crippen LogP contribution in [0.4, 0.5) is 0 Å². The average Bonchev–Trinajstić information content (AvgIpc) is 3.11. The van der Waals surface area contributed by atoms with Crippen LogP contribution in [0, 0.1) is 0 Å². The predicted octanol–water partition coefficient (Wildman–Crippen LogP) is 2.65. The van der Waals surface area contributed by atoms with E-state index in [1.54, 1.807) is 24.5 Å². The van der Waals surface area contributed by atoms with Crippen molar-refractivity contribution in [3.8, 4) is 0 Å². The van der Waals surface area contributed by atoms with E-state index in [0.717, 1.165) is 13.1 Å². The van der Waals surface area contributed by atoms with Gasteiger partial charge in [-0.25, -0.2) is 0 Å². The third kappa shape index (κ3) is 3.52. The average molecular weight is 295 g/mol. The molecule has 1 fully saturated rings. The molecule has 0 saturated carbocycles. The molecule has 1 N–H and O–H groups in total. The van der Waals surface area contributed by atoms with Gasteiger partial charge in [0, 0.05) is 24.5 Å². The summed E-state index contributed by atoms with van der Waals surface area (Å²) in [5.74, 6) is -0.0393. The minimum Gasteiger partial charge on any atom is -0.350 e. The zero-order valence-electron chi connectivity index (χ0n) is 12.6. The van der Waals surface area contributed by atoms with E-state index in [1.165, 1.54) is 18.4 Å². The van der Waals surface area contributed by atoms with Gasteiger partial charge in [-0.3, -0.25) is 14.7 Å². The lowest BCUT2D eigenvalue weighted by Crippen LogP contribution is -2.36. The Balaban J connectivity index is 1.69. The first-order valence-electron chi connectivity index (χ1n) is 7.82. The monoisotopic (exact) mass is 295 g/mol. The Kier molecular flexibility index (Phi) is 4.81. The van der Waals surface area contributed by atoms with Crippen LogP contribution in [-0.4, -0.2) is 35.4 Å². The van der Waals surface area contributed by atoms with Gasteiger partial charge in [0.05, 0.1) is 6.04 Å². The second-order valence-corrected chi connectivity index (χ2v) is 5.62. The molecule has 1 atom stereocenters. The molecule has 1 amide bonds. The number of aromatic nitrogens is 1. The summed E-state index contributed by atoms with van der Waals surface area (Å²) in [4.78, 5) is 18.6. The molecule has 0 aliphatic carbocycles. The minimum atomic E-state index is -0.0393. The van der Waals surface area contributed by atoms with Gasteiger partial charge in [-0.05, 0) is 43.6 Å². The summed E-state index contributed by atoms with van der Waals surface area (Å²) in [5.41, 5.74) is 1.92. The lowest BCUT2D eigenvalue weighted by Gasteiger charge is -2.28. The molecule has 1 aliphatic heterocycles. The fourth-order valence-corrected chi connectivity index (χ4v) is 2.98. The van der Waals surface area contributed by atoms with Crippen LogP contribution in [0.15, 0.2) is 54.9 Å². The highest BCUT2D eigenvalue weighted by atomic mass is 16.1. The number of benzene rings is 1. The molecule has 2 heterocycles. The second kappa shape index (κ2) is 7.18. The molecule has 1 aromatic heterocycles. The number of likely N-dealkylation sites (tertiary alicyclic amines) is 1. The number of pyridine rings is 1. The molecular weight excluding hydrogens is 274 g/mol. The highest BCUT2D eigenvalue weighted by molar-refractivity contribution is 5.93. The maximum absolute atomic E-state index is 12.2. The summed E-state index contributed by atoms with van der Waals surface area (Å²) in [5, 5.41) is 3.07. The lowest BCUT2D eigenvalue weighted by atomic mass is 10.1. The van der Waals surface area contributed by atoms with Gasteiger partial charge in [0.1, 0.15) is 0 Å². The molecular formula is C18H21N3O. The van der Waals surface area contributed by atoms with Crippen molar-refractivity contribution >= 4 is 5.91 Å². The molecule has 1 unspecified atom stereocenters. The number of rotatable bonds is 5. The zero-order chi connectivity index (χ0) is 15.2. The fraction of sp³-hybridized carbons (Fsp3) is 0.333. The molecule has 4 heteroatoms. The fourth-order valence-electron chi connectivity index (χ4n) is 2.98. The smallest absolute Gasteiger partial charge is 0.251 e. The van der Waals surface area contributed by atoms with Crippen LogP contribution in [0.25, 0.3) is 0 Å². The Morgan fingerprint density at radius 2 is 1.77 bits per heavy atom. The van der Waals surface area contributed by atoms with E-state index in [-0.39, 0.29) is 11.9 Å². The predicted molar refractivity (Wildman–Crippen MR) is 86.6 cm³/mol. The van der Waals surface area contributed by atoms with Gasteiger partial charge >= 0.3 is 0 Å². The van der Waals surface area contributed by atoms with E-state index in [0.29, 0.717) is 12.1 Å². The third-order valence-electron chi connectivity index (χ3n) is 4.16. The summed E-state index contributed by atoms with van der Waals surface area (Å²) in [6.45, 7) is 2.83. The second-order valence-electron chi connectivity index (χ2n) is 5.62. The van der Waals surface area contributed by atoms with Gasteiger partial charge in [-0.1, -0.05) is 30.3 Å². The largest absolute Gasteiger partial charge is 0.350 e. The van der Waals surface area contributed by atoms with Crippen molar-refractivity contribution in [1.82, 2.24) is 15.2 Å². The van der Waals surface area contributed by atoms with Crippen LogP contribution in [0.1, 0.15) is 34.8 Å². The Morgan fingerprint density at radius 1 is 1.09 bits per heavy atom. The van der Waals surface area contributed by atoms with Crippen LogP contribution in [0.3, 0.4) is 0 Å². The standard InChI is InChI=1S/C18H21N3O/c22-18(16-8-10-19-11-9-16)20-14-17(21-12-4-5-13-21)15-6-2-1-3-7-15/h1-3,6-11,17H,4-5,12-14H2,(H,20,22). The Bertz CT molecular complexity index is 594. The van der Waals surface area contributed by atoms with Crippen molar-refractivity contribution in [2.24, 2.45) is 0 Å². The van der Waals surface area contributed by atoms with Crippen LogP contribution in [-0.2, 0) is 0 Å². The van der Waals surface area contributed by atoms with Gasteiger partial charge in [-0.15, -0.1) is 0 Å². The van der Waals surface area contributed by atoms with Gasteiger partial charge < -0.3 is 5.32 Å². The van der Waals surface area contributed by atoms with E-state index in [4.69, 9.17) is 0 Å². The van der Waals surface area contributed by atoms with Crippen molar-refractivity contribution in [1.29, 1.82) is 0 Å².